The predicted molar refractivity (Wildman–Crippen MR) is 104 cm³/mol. The quantitative estimate of drug-likeness (QED) is 0.793. The van der Waals surface area contributed by atoms with Crippen LogP contribution in [0.25, 0.3) is 11.1 Å². The van der Waals surface area contributed by atoms with Gasteiger partial charge in [0.1, 0.15) is 0 Å². The van der Waals surface area contributed by atoms with Crippen LogP contribution in [0.4, 0.5) is 0 Å². The van der Waals surface area contributed by atoms with Crippen LogP contribution in [-0.2, 0) is 9.84 Å². The van der Waals surface area contributed by atoms with Crippen molar-refractivity contribution in [2.45, 2.75) is 43.5 Å². The first-order chi connectivity index (χ1) is 12.4. The Hall–Kier alpha value is -2.14. The molecular weight excluding hydrogens is 346 g/mol. The van der Waals surface area contributed by atoms with Crippen LogP contribution in [0.15, 0.2) is 53.4 Å². The van der Waals surface area contributed by atoms with Gasteiger partial charge in [0, 0.05) is 24.4 Å². The summed E-state index contributed by atoms with van der Waals surface area (Å²) in [5.74, 6) is 0.0931. The normalized spacial score (nSPS) is 17.5. The Morgan fingerprint density at radius 3 is 2.50 bits per heavy atom. The molecule has 4 nitrogen and oxygen atoms in total. The zero-order valence-electron chi connectivity index (χ0n) is 15.3. The Labute approximate surface area is 155 Å². The predicted octanol–water partition coefficient (Wildman–Crippen LogP) is 4.16. The number of amides is 1. The van der Waals surface area contributed by atoms with Crippen LogP contribution in [0.5, 0.6) is 0 Å². The first-order valence-electron chi connectivity index (χ1n) is 9.11. The van der Waals surface area contributed by atoms with Crippen molar-refractivity contribution in [2.75, 3.05) is 12.8 Å². The van der Waals surface area contributed by atoms with Crippen LogP contribution in [0.3, 0.4) is 0 Å². The molecule has 0 N–H and O–H groups in total. The third-order valence-corrected chi connectivity index (χ3v) is 6.11. The van der Waals surface area contributed by atoms with E-state index in [0.717, 1.165) is 43.4 Å². The molecule has 0 bridgehead atoms. The van der Waals surface area contributed by atoms with Gasteiger partial charge in [-0.15, -0.1) is 0 Å². The summed E-state index contributed by atoms with van der Waals surface area (Å²) in [5.41, 5.74) is 2.51. The molecule has 1 aliphatic rings. The lowest BCUT2D eigenvalue weighted by Crippen LogP contribution is -2.35. The van der Waals surface area contributed by atoms with Crippen molar-refractivity contribution in [3.8, 4) is 11.1 Å². The molecule has 1 saturated heterocycles. The molecule has 0 radical (unpaired) electrons. The molecule has 138 valence electrons. The third-order valence-electron chi connectivity index (χ3n) is 4.99. The molecular formula is C21H25NO3S. The summed E-state index contributed by atoms with van der Waals surface area (Å²) in [4.78, 5) is 15.3. The van der Waals surface area contributed by atoms with E-state index in [1.165, 1.54) is 6.26 Å². The Kier molecular flexibility index (Phi) is 5.47. The Balaban J connectivity index is 1.85. The summed E-state index contributed by atoms with van der Waals surface area (Å²) >= 11 is 0. The molecule has 1 atom stereocenters. The summed E-state index contributed by atoms with van der Waals surface area (Å²) in [6, 6.07) is 14.7. The van der Waals surface area contributed by atoms with Crippen LogP contribution in [0, 0.1) is 0 Å². The summed E-state index contributed by atoms with van der Waals surface area (Å²) in [5, 5.41) is 0. The number of hydrogen-bond acceptors (Lipinski definition) is 3. The first-order valence-corrected chi connectivity index (χ1v) is 11.0. The van der Waals surface area contributed by atoms with Gasteiger partial charge in [0.15, 0.2) is 9.84 Å². The van der Waals surface area contributed by atoms with Gasteiger partial charge >= 0.3 is 0 Å². The molecule has 1 heterocycles. The Bertz CT molecular complexity index is 888. The molecule has 0 aliphatic carbocycles. The second-order valence-corrected chi connectivity index (χ2v) is 8.98. The van der Waals surface area contributed by atoms with E-state index in [0.29, 0.717) is 16.5 Å². The van der Waals surface area contributed by atoms with Crippen molar-refractivity contribution >= 4 is 15.7 Å². The van der Waals surface area contributed by atoms with Gasteiger partial charge in [-0.2, -0.15) is 0 Å². The van der Waals surface area contributed by atoms with Crippen LogP contribution < -0.4 is 0 Å². The molecule has 0 saturated carbocycles. The fourth-order valence-electron chi connectivity index (χ4n) is 3.63. The van der Waals surface area contributed by atoms with Gasteiger partial charge in [-0.3, -0.25) is 4.79 Å². The first kappa shape index (κ1) is 18.6. The number of sulfone groups is 1. The van der Waals surface area contributed by atoms with Crippen LogP contribution in [-0.4, -0.2) is 38.1 Å². The van der Waals surface area contributed by atoms with Crippen molar-refractivity contribution in [1.29, 1.82) is 0 Å². The molecule has 0 spiro atoms. The zero-order valence-corrected chi connectivity index (χ0v) is 16.1. The van der Waals surface area contributed by atoms with E-state index in [4.69, 9.17) is 0 Å². The minimum atomic E-state index is -3.21. The maximum atomic E-state index is 12.9. The fourth-order valence-corrected chi connectivity index (χ4v) is 4.26. The summed E-state index contributed by atoms with van der Waals surface area (Å²) in [6.45, 7) is 2.98. The van der Waals surface area contributed by atoms with Crippen molar-refractivity contribution in [3.63, 3.8) is 0 Å². The SMILES string of the molecule is CCCC1CCCN1C(=O)c1cccc(-c2ccc(S(C)(=O)=O)cc2)c1. The van der Waals surface area contributed by atoms with Crippen LogP contribution in [0.1, 0.15) is 43.0 Å². The van der Waals surface area contributed by atoms with Crippen molar-refractivity contribution in [2.24, 2.45) is 0 Å². The van der Waals surface area contributed by atoms with E-state index in [2.05, 4.69) is 6.92 Å². The van der Waals surface area contributed by atoms with Gasteiger partial charge in [-0.05, 0) is 54.7 Å². The van der Waals surface area contributed by atoms with Gasteiger partial charge in [0.05, 0.1) is 4.90 Å². The minimum Gasteiger partial charge on any atom is -0.336 e. The van der Waals surface area contributed by atoms with Gasteiger partial charge in [0.2, 0.25) is 0 Å². The fraction of sp³-hybridized carbons (Fsp3) is 0.381. The molecule has 1 amide bonds. The lowest BCUT2D eigenvalue weighted by molar-refractivity contribution is 0.0730. The average Bonchev–Trinajstić information content (AvgIpc) is 3.09. The lowest BCUT2D eigenvalue weighted by atomic mass is 10.0. The highest BCUT2D eigenvalue weighted by atomic mass is 32.2. The second kappa shape index (κ2) is 7.62. The lowest BCUT2D eigenvalue weighted by Gasteiger charge is -2.24. The Morgan fingerprint density at radius 1 is 1.12 bits per heavy atom. The molecule has 5 heteroatoms. The highest BCUT2D eigenvalue weighted by Crippen LogP contribution is 2.26. The topological polar surface area (TPSA) is 54.5 Å². The largest absolute Gasteiger partial charge is 0.336 e. The van der Waals surface area contributed by atoms with Gasteiger partial charge < -0.3 is 4.90 Å². The maximum Gasteiger partial charge on any atom is 0.254 e. The van der Waals surface area contributed by atoms with Crippen LogP contribution in [0.2, 0.25) is 0 Å². The molecule has 26 heavy (non-hydrogen) atoms. The number of nitrogens with zero attached hydrogens (tertiary/aromatic N) is 1. The number of carbonyl (C=O) groups is 1. The molecule has 1 aliphatic heterocycles. The number of benzene rings is 2. The van der Waals surface area contributed by atoms with Crippen molar-refractivity contribution in [3.05, 3.63) is 54.1 Å². The van der Waals surface area contributed by atoms with Crippen LogP contribution >= 0.6 is 0 Å². The number of likely N-dealkylation sites (tertiary alicyclic amines) is 1. The van der Waals surface area contributed by atoms with E-state index >= 15 is 0 Å². The molecule has 3 rings (SSSR count). The number of hydrogen-bond donors (Lipinski definition) is 0. The van der Waals surface area contributed by atoms with E-state index < -0.39 is 9.84 Å². The summed E-state index contributed by atoms with van der Waals surface area (Å²) in [6.07, 6.45) is 5.50. The maximum absolute atomic E-state index is 12.9. The standard InChI is InChI=1S/C21H25NO3S/c1-3-6-19-9-5-14-22(19)21(23)18-8-4-7-17(15-18)16-10-12-20(13-11-16)26(2,24)25/h4,7-8,10-13,15,19H,3,5-6,9,14H2,1-2H3. The highest BCUT2D eigenvalue weighted by molar-refractivity contribution is 7.90. The van der Waals surface area contributed by atoms with E-state index in [1.54, 1.807) is 24.3 Å². The monoisotopic (exact) mass is 371 g/mol. The second-order valence-electron chi connectivity index (χ2n) is 6.96. The minimum absolute atomic E-state index is 0.0931. The summed E-state index contributed by atoms with van der Waals surface area (Å²) < 4.78 is 23.2. The number of rotatable bonds is 5. The smallest absolute Gasteiger partial charge is 0.254 e. The van der Waals surface area contributed by atoms with Crippen molar-refractivity contribution < 1.29 is 13.2 Å². The number of carbonyl (C=O) groups excluding carboxylic acids is 1. The zero-order chi connectivity index (χ0) is 18.7. The van der Waals surface area contributed by atoms with E-state index in [1.807, 2.05) is 29.2 Å². The molecule has 2 aromatic rings. The van der Waals surface area contributed by atoms with E-state index in [-0.39, 0.29) is 5.91 Å². The summed E-state index contributed by atoms with van der Waals surface area (Å²) in [7, 11) is -3.21. The Morgan fingerprint density at radius 2 is 1.85 bits per heavy atom. The van der Waals surface area contributed by atoms with Gasteiger partial charge in [0.25, 0.3) is 5.91 Å². The average molecular weight is 372 g/mol. The molecule has 2 aromatic carbocycles. The highest BCUT2D eigenvalue weighted by Gasteiger charge is 2.28. The van der Waals surface area contributed by atoms with Crippen molar-refractivity contribution in [1.82, 2.24) is 4.90 Å². The third kappa shape index (κ3) is 3.98. The van der Waals surface area contributed by atoms with Gasteiger partial charge in [-0.1, -0.05) is 37.6 Å². The van der Waals surface area contributed by atoms with E-state index in [9.17, 15) is 13.2 Å². The molecule has 1 unspecified atom stereocenters. The van der Waals surface area contributed by atoms with Gasteiger partial charge in [-0.25, -0.2) is 8.42 Å². The molecule has 0 aromatic heterocycles. The molecule has 1 fully saturated rings.